The molecule has 1 heterocycles. The van der Waals surface area contributed by atoms with Gasteiger partial charge in [0.1, 0.15) is 5.82 Å². The lowest BCUT2D eigenvalue weighted by atomic mass is 9.90. The van der Waals surface area contributed by atoms with Crippen LogP contribution in [0.1, 0.15) is 30.1 Å². The first-order valence-corrected chi connectivity index (χ1v) is 6.89. The highest BCUT2D eigenvalue weighted by Gasteiger charge is 2.27. The lowest BCUT2D eigenvalue weighted by Gasteiger charge is -2.33. The van der Waals surface area contributed by atoms with Crippen molar-refractivity contribution in [3.63, 3.8) is 0 Å². The molecule has 1 saturated heterocycles. The van der Waals surface area contributed by atoms with E-state index < -0.39 is 16.6 Å². The summed E-state index contributed by atoms with van der Waals surface area (Å²) in [5.41, 5.74) is 5.36. The molecular formula is C14H18FN3O3. The number of carbonyl (C=O) groups is 1. The number of halogens is 1. The number of hydrogen-bond acceptors (Lipinski definition) is 4. The number of benzene rings is 1. The first-order chi connectivity index (χ1) is 9.90. The molecule has 0 spiro atoms. The van der Waals surface area contributed by atoms with Crippen molar-refractivity contribution >= 4 is 11.6 Å². The molecule has 0 saturated carbocycles. The van der Waals surface area contributed by atoms with Gasteiger partial charge < -0.3 is 10.6 Å². The van der Waals surface area contributed by atoms with Gasteiger partial charge in [0.2, 0.25) is 0 Å². The summed E-state index contributed by atoms with van der Waals surface area (Å²) in [6.45, 7) is 3.00. The molecule has 0 bridgehead atoms. The van der Waals surface area contributed by atoms with Crippen LogP contribution < -0.4 is 5.73 Å². The molecule has 1 aromatic carbocycles. The molecule has 7 heteroatoms. The summed E-state index contributed by atoms with van der Waals surface area (Å²) in [6.07, 6.45) is 1.58. The number of hydrogen-bond donors (Lipinski definition) is 1. The summed E-state index contributed by atoms with van der Waals surface area (Å²) in [5, 5.41) is 10.6. The van der Waals surface area contributed by atoms with E-state index in [1.165, 1.54) is 6.07 Å². The fourth-order valence-corrected chi connectivity index (χ4v) is 2.59. The maximum Gasteiger partial charge on any atom is 0.272 e. The molecular weight excluding hydrogens is 277 g/mol. The van der Waals surface area contributed by atoms with Crippen LogP contribution >= 0.6 is 0 Å². The number of amides is 1. The normalized spacial score (nSPS) is 17.6. The van der Waals surface area contributed by atoms with Crippen molar-refractivity contribution in [2.24, 2.45) is 11.7 Å². The predicted molar refractivity (Wildman–Crippen MR) is 75.3 cm³/mol. The quantitative estimate of drug-likeness (QED) is 0.681. The Kier molecular flexibility index (Phi) is 4.52. The minimum Gasteiger partial charge on any atom is -0.339 e. The molecule has 1 atom stereocenters. The Labute approximate surface area is 121 Å². The van der Waals surface area contributed by atoms with Gasteiger partial charge in [-0.05, 0) is 31.7 Å². The molecule has 1 unspecified atom stereocenters. The number of nitro groups is 1. The summed E-state index contributed by atoms with van der Waals surface area (Å²) in [6, 6.07) is 3.18. The van der Waals surface area contributed by atoms with Crippen LogP contribution in [0.2, 0.25) is 0 Å². The zero-order valence-electron chi connectivity index (χ0n) is 11.8. The van der Waals surface area contributed by atoms with E-state index in [1.807, 2.05) is 6.92 Å². The van der Waals surface area contributed by atoms with Crippen LogP contribution in [0.5, 0.6) is 0 Å². The van der Waals surface area contributed by atoms with Gasteiger partial charge in [0, 0.05) is 25.2 Å². The Bertz CT molecular complexity index is 554. The second kappa shape index (κ2) is 6.17. The molecule has 0 aliphatic carbocycles. The van der Waals surface area contributed by atoms with E-state index in [0.29, 0.717) is 19.0 Å². The number of nitro benzene ring substituents is 1. The second-order valence-corrected chi connectivity index (χ2v) is 5.41. The summed E-state index contributed by atoms with van der Waals surface area (Å²) < 4.78 is 13.8. The Morgan fingerprint density at radius 3 is 2.57 bits per heavy atom. The number of likely N-dealkylation sites (tertiary alicyclic amines) is 1. The standard InChI is InChI=1S/C14H18FN3O3/c1-9(16)10-4-6-17(7-5-10)14(19)12-3-2-11(18(20)21)8-13(12)15/h2-3,8-10H,4-7,16H2,1H3. The second-order valence-electron chi connectivity index (χ2n) is 5.41. The molecule has 114 valence electrons. The van der Waals surface area contributed by atoms with Crippen LogP contribution in [0.4, 0.5) is 10.1 Å². The van der Waals surface area contributed by atoms with Crippen molar-refractivity contribution in [3.8, 4) is 0 Å². The maximum absolute atomic E-state index is 13.8. The summed E-state index contributed by atoms with van der Waals surface area (Å²) in [4.78, 5) is 23.7. The van der Waals surface area contributed by atoms with Gasteiger partial charge in [-0.1, -0.05) is 0 Å². The monoisotopic (exact) mass is 295 g/mol. The SMILES string of the molecule is CC(N)C1CCN(C(=O)c2ccc([N+](=O)[O-])cc2F)CC1. The van der Waals surface area contributed by atoms with E-state index >= 15 is 0 Å². The fraction of sp³-hybridized carbons (Fsp3) is 0.500. The van der Waals surface area contributed by atoms with Gasteiger partial charge in [-0.15, -0.1) is 0 Å². The lowest BCUT2D eigenvalue weighted by molar-refractivity contribution is -0.385. The molecule has 0 aromatic heterocycles. The van der Waals surface area contributed by atoms with Crippen molar-refractivity contribution in [1.29, 1.82) is 0 Å². The third kappa shape index (κ3) is 3.36. The Morgan fingerprint density at radius 1 is 1.48 bits per heavy atom. The smallest absolute Gasteiger partial charge is 0.272 e. The van der Waals surface area contributed by atoms with E-state index in [9.17, 15) is 19.3 Å². The molecule has 21 heavy (non-hydrogen) atoms. The minimum atomic E-state index is -0.858. The van der Waals surface area contributed by atoms with Gasteiger partial charge in [-0.25, -0.2) is 4.39 Å². The molecule has 1 aliphatic rings. The molecule has 0 radical (unpaired) electrons. The Hall–Kier alpha value is -2.02. The molecule has 1 amide bonds. The Balaban J connectivity index is 2.09. The third-order valence-electron chi connectivity index (χ3n) is 3.96. The number of piperidine rings is 1. The van der Waals surface area contributed by atoms with Crippen molar-refractivity contribution in [3.05, 3.63) is 39.7 Å². The van der Waals surface area contributed by atoms with Crippen LogP contribution in [0, 0.1) is 21.8 Å². The third-order valence-corrected chi connectivity index (χ3v) is 3.96. The average Bonchev–Trinajstić information content (AvgIpc) is 2.46. The maximum atomic E-state index is 13.8. The van der Waals surface area contributed by atoms with Gasteiger partial charge >= 0.3 is 0 Å². The largest absolute Gasteiger partial charge is 0.339 e. The zero-order chi connectivity index (χ0) is 15.6. The van der Waals surface area contributed by atoms with Crippen molar-refractivity contribution in [2.75, 3.05) is 13.1 Å². The van der Waals surface area contributed by atoms with Crippen LogP contribution in [0.15, 0.2) is 18.2 Å². The van der Waals surface area contributed by atoms with Crippen molar-refractivity contribution < 1.29 is 14.1 Å². The van der Waals surface area contributed by atoms with Crippen molar-refractivity contribution in [2.45, 2.75) is 25.8 Å². The number of non-ortho nitro benzene ring substituents is 1. The van der Waals surface area contributed by atoms with E-state index in [1.54, 1.807) is 4.90 Å². The summed E-state index contributed by atoms with van der Waals surface area (Å²) in [7, 11) is 0. The first kappa shape index (κ1) is 15.4. The van der Waals surface area contributed by atoms with Crippen LogP contribution in [-0.4, -0.2) is 34.9 Å². The topological polar surface area (TPSA) is 89.5 Å². The highest BCUT2D eigenvalue weighted by molar-refractivity contribution is 5.94. The molecule has 1 aromatic rings. The highest BCUT2D eigenvalue weighted by atomic mass is 19.1. The van der Waals surface area contributed by atoms with Gasteiger partial charge in [-0.2, -0.15) is 0 Å². The lowest BCUT2D eigenvalue weighted by Crippen LogP contribution is -2.42. The van der Waals surface area contributed by atoms with Gasteiger partial charge in [0.05, 0.1) is 16.6 Å². The highest BCUT2D eigenvalue weighted by Crippen LogP contribution is 2.23. The number of nitrogens with zero attached hydrogens (tertiary/aromatic N) is 2. The predicted octanol–water partition coefficient (Wildman–Crippen LogP) is 1.93. The summed E-state index contributed by atoms with van der Waals surface area (Å²) in [5.74, 6) is -0.912. The van der Waals surface area contributed by atoms with Crippen LogP contribution in [0.3, 0.4) is 0 Å². The van der Waals surface area contributed by atoms with Crippen LogP contribution in [0.25, 0.3) is 0 Å². The zero-order valence-corrected chi connectivity index (χ0v) is 11.8. The van der Waals surface area contributed by atoms with Gasteiger partial charge in [0.15, 0.2) is 0 Å². The number of nitrogens with two attached hydrogens (primary N) is 1. The number of carbonyl (C=O) groups excluding carboxylic acids is 1. The molecule has 2 N–H and O–H groups in total. The summed E-state index contributed by atoms with van der Waals surface area (Å²) >= 11 is 0. The average molecular weight is 295 g/mol. The van der Waals surface area contributed by atoms with Gasteiger partial charge in [-0.3, -0.25) is 14.9 Å². The minimum absolute atomic E-state index is 0.0818. The van der Waals surface area contributed by atoms with E-state index in [2.05, 4.69) is 0 Å². The van der Waals surface area contributed by atoms with Gasteiger partial charge in [0.25, 0.3) is 11.6 Å². The van der Waals surface area contributed by atoms with E-state index in [0.717, 1.165) is 25.0 Å². The van der Waals surface area contributed by atoms with E-state index in [4.69, 9.17) is 5.73 Å². The number of rotatable bonds is 3. The Morgan fingerprint density at radius 2 is 2.10 bits per heavy atom. The molecule has 1 aliphatic heterocycles. The molecule has 2 rings (SSSR count). The van der Waals surface area contributed by atoms with Crippen LogP contribution in [-0.2, 0) is 0 Å². The van der Waals surface area contributed by atoms with Crippen molar-refractivity contribution in [1.82, 2.24) is 4.90 Å². The molecule has 6 nitrogen and oxygen atoms in total. The fourth-order valence-electron chi connectivity index (χ4n) is 2.59. The molecule has 1 fully saturated rings. The van der Waals surface area contributed by atoms with E-state index in [-0.39, 0.29) is 17.3 Å². The first-order valence-electron chi connectivity index (χ1n) is 6.89.